The van der Waals surface area contributed by atoms with Gasteiger partial charge in [0.05, 0.1) is 17.3 Å². The van der Waals surface area contributed by atoms with E-state index in [0.29, 0.717) is 16.8 Å². The molecule has 32 heavy (non-hydrogen) atoms. The molecule has 3 aromatic rings. The molecule has 7 heteroatoms. The fourth-order valence-electron chi connectivity index (χ4n) is 4.53. The molecule has 0 atom stereocenters. The third-order valence-electron chi connectivity index (χ3n) is 6.36. The maximum Gasteiger partial charge on any atom is 0.273 e. The summed E-state index contributed by atoms with van der Waals surface area (Å²) in [5.41, 5.74) is 1.23. The molecular formula is C25H30N4O3. The summed E-state index contributed by atoms with van der Waals surface area (Å²) in [5, 5.41) is 6.27. The van der Waals surface area contributed by atoms with E-state index < -0.39 is 0 Å². The standard InChI is InChI=1S/C25H30N4O3/c1-28(19-10-3-2-4-11-19)17-18-9-5-8-14-22(18)26-23(30)15-16-29-25(32)21-13-7-6-12-20(21)24(31)27-29/h5-9,12-14,19H,2-4,10-11,15-17H2,1H3,(H,26,30)(H,27,31). The van der Waals surface area contributed by atoms with Crippen molar-refractivity contribution in [3.05, 3.63) is 74.8 Å². The molecule has 0 spiro atoms. The largest absolute Gasteiger partial charge is 0.326 e. The van der Waals surface area contributed by atoms with Crippen molar-refractivity contribution >= 4 is 22.4 Å². The number of aromatic amines is 1. The molecule has 4 rings (SSSR count). The summed E-state index contributed by atoms with van der Waals surface area (Å²) in [5.74, 6) is -0.196. The summed E-state index contributed by atoms with van der Waals surface area (Å²) in [4.78, 5) is 39.9. The number of carbonyl (C=O) groups is 1. The first-order chi connectivity index (χ1) is 15.5. The number of nitrogens with zero attached hydrogens (tertiary/aromatic N) is 2. The summed E-state index contributed by atoms with van der Waals surface area (Å²) < 4.78 is 1.22. The van der Waals surface area contributed by atoms with Crippen molar-refractivity contribution in [2.75, 3.05) is 12.4 Å². The fourth-order valence-corrected chi connectivity index (χ4v) is 4.53. The molecule has 1 saturated carbocycles. The highest BCUT2D eigenvalue weighted by Crippen LogP contribution is 2.25. The van der Waals surface area contributed by atoms with Crippen LogP contribution in [-0.4, -0.2) is 33.7 Å². The van der Waals surface area contributed by atoms with Gasteiger partial charge in [0, 0.05) is 24.7 Å². The monoisotopic (exact) mass is 434 g/mol. The van der Waals surface area contributed by atoms with Crippen molar-refractivity contribution in [1.29, 1.82) is 0 Å². The van der Waals surface area contributed by atoms with Crippen molar-refractivity contribution < 1.29 is 4.79 Å². The van der Waals surface area contributed by atoms with E-state index >= 15 is 0 Å². The van der Waals surface area contributed by atoms with Crippen LogP contribution in [0.4, 0.5) is 5.69 Å². The zero-order valence-electron chi connectivity index (χ0n) is 18.5. The number of aryl methyl sites for hydroxylation is 1. The number of benzene rings is 2. The van der Waals surface area contributed by atoms with Gasteiger partial charge in [0.2, 0.25) is 5.91 Å². The van der Waals surface area contributed by atoms with E-state index in [1.54, 1.807) is 24.3 Å². The van der Waals surface area contributed by atoms with Crippen LogP contribution in [0, 0.1) is 0 Å². The van der Waals surface area contributed by atoms with E-state index in [-0.39, 0.29) is 30.0 Å². The predicted molar refractivity (Wildman–Crippen MR) is 127 cm³/mol. The first kappa shape index (κ1) is 22.0. The maximum atomic E-state index is 12.7. The van der Waals surface area contributed by atoms with Gasteiger partial charge >= 0.3 is 0 Å². The molecule has 2 N–H and O–H groups in total. The van der Waals surface area contributed by atoms with Crippen molar-refractivity contribution in [3.63, 3.8) is 0 Å². The molecule has 0 aliphatic heterocycles. The highest BCUT2D eigenvalue weighted by Gasteiger charge is 2.19. The molecular weight excluding hydrogens is 404 g/mol. The Morgan fingerprint density at radius 2 is 1.72 bits per heavy atom. The Kier molecular flexibility index (Phi) is 6.85. The number of para-hydroxylation sites is 1. The molecule has 7 nitrogen and oxygen atoms in total. The van der Waals surface area contributed by atoms with E-state index in [2.05, 4.69) is 22.4 Å². The minimum Gasteiger partial charge on any atom is -0.326 e. The molecule has 0 bridgehead atoms. The number of hydrogen-bond acceptors (Lipinski definition) is 4. The molecule has 0 radical (unpaired) electrons. The number of H-pyrrole nitrogens is 1. The maximum absolute atomic E-state index is 12.7. The number of nitrogens with one attached hydrogen (secondary N) is 2. The van der Waals surface area contributed by atoms with Crippen molar-refractivity contribution in [2.24, 2.45) is 0 Å². The van der Waals surface area contributed by atoms with E-state index in [1.165, 1.54) is 36.8 Å². The number of amides is 1. The molecule has 2 aromatic carbocycles. The van der Waals surface area contributed by atoms with Crippen LogP contribution in [0.2, 0.25) is 0 Å². The van der Waals surface area contributed by atoms with Gasteiger partial charge in [-0.05, 0) is 43.7 Å². The van der Waals surface area contributed by atoms with Gasteiger partial charge in [-0.2, -0.15) is 0 Å². The second-order valence-electron chi connectivity index (χ2n) is 8.61. The molecule has 0 unspecified atom stereocenters. The number of carbonyl (C=O) groups excluding carboxylic acids is 1. The minimum absolute atomic E-state index is 0.0843. The van der Waals surface area contributed by atoms with Gasteiger partial charge in [0.25, 0.3) is 11.1 Å². The SMILES string of the molecule is CN(Cc1ccccc1NC(=O)CCn1[nH]c(=O)c2ccccc2c1=O)C1CCCCC1. The summed E-state index contributed by atoms with van der Waals surface area (Å²) >= 11 is 0. The molecule has 1 fully saturated rings. The molecule has 168 valence electrons. The van der Waals surface area contributed by atoms with Gasteiger partial charge in [-0.1, -0.05) is 49.6 Å². The van der Waals surface area contributed by atoms with Crippen molar-refractivity contribution in [2.45, 2.75) is 57.7 Å². The Morgan fingerprint density at radius 1 is 1.03 bits per heavy atom. The van der Waals surface area contributed by atoms with Crippen LogP contribution in [0.25, 0.3) is 10.8 Å². The van der Waals surface area contributed by atoms with Crippen LogP contribution >= 0.6 is 0 Å². The Morgan fingerprint density at radius 3 is 2.50 bits per heavy atom. The first-order valence-corrected chi connectivity index (χ1v) is 11.3. The summed E-state index contributed by atoms with van der Waals surface area (Å²) in [6.45, 7) is 0.882. The van der Waals surface area contributed by atoms with Gasteiger partial charge < -0.3 is 5.32 Å². The Bertz CT molecular complexity index is 1210. The number of fused-ring (bicyclic) bond motifs is 1. The number of aromatic nitrogens is 2. The average Bonchev–Trinajstić information content (AvgIpc) is 2.82. The van der Waals surface area contributed by atoms with Gasteiger partial charge in [-0.15, -0.1) is 0 Å². The van der Waals surface area contributed by atoms with E-state index in [0.717, 1.165) is 17.8 Å². The zero-order chi connectivity index (χ0) is 22.5. The molecule has 1 aliphatic rings. The minimum atomic E-state index is -0.336. The molecule has 1 heterocycles. The van der Waals surface area contributed by atoms with Crippen LogP contribution in [0.3, 0.4) is 0 Å². The van der Waals surface area contributed by atoms with Crippen molar-refractivity contribution in [1.82, 2.24) is 14.7 Å². The van der Waals surface area contributed by atoms with Gasteiger partial charge in [0.1, 0.15) is 0 Å². The predicted octanol–water partition coefficient (Wildman–Crippen LogP) is 3.48. The third kappa shape index (κ3) is 4.99. The Labute approximate surface area is 187 Å². The smallest absolute Gasteiger partial charge is 0.273 e. The summed E-state index contributed by atoms with van der Waals surface area (Å²) in [6, 6.07) is 15.1. The Hall–Kier alpha value is -3.19. The topological polar surface area (TPSA) is 87.2 Å². The van der Waals surface area contributed by atoms with Crippen LogP contribution < -0.4 is 16.4 Å². The van der Waals surface area contributed by atoms with Gasteiger partial charge in [-0.25, -0.2) is 4.68 Å². The van der Waals surface area contributed by atoms with Crippen LogP contribution in [0.5, 0.6) is 0 Å². The van der Waals surface area contributed by atoms with E-state index in [9.17, 15) is 14.4 Å². The second-order valence-corrected chi connectivity index (χ2v) is 8.61. The van der Waals surface area contributed by atoms with Crippen LogP contribution in [0.1, 0.15) is 44.1 Å². The Balaban J connectivity index is 1.42. The number of rotatable bonds is 7. The lowest BCUT2D eigenvalue weighted by Crippen LogP contribution is -2.33. The van der Waals surface area contributed by atoms with Gasteiger partial charge in [0.15, 0.2) is 0 Å². The lowest BCUT2D eigenvalue weighted by Gasteiger charge is -2.31. The first-order valence-electron chi connectivity index (χ1n) is 11.3. The quantitative estimate of drug-likeness (QED) is 0.596. The highest BCUT2D eigenvalue weighted by atomic mass is 16.2. The van der Waals surface area contributed by atoms with Crippen LogP contribution in [-0.2, 0) is 17.9 Å². The van der Waals surface area contributed by atoms with E-state index in [4.69, 9.17) is 0 Å². The fraction of sp³-hybridized carbons (Fsp3) is 0.400. The molecule has 1 amide bonds. The number of anilines is 1. The molecule has 1 aromatic heterocycles. The van der Waals surface area contributed by atoms with Crippen molar-refractivity contribution in [3.8, 4) is 0 Å². The highest BCUT2D eigenvalue weighted by molar-refractivity contribution is 5.91. The van der Waals surface area contributed by atoms with Gasteiger partial charge in [-0.3, -0.25) is 24.4 Å². The molecule has 0 saturated heterocycles. The normalized spacial score (nSPS) is 14.7. The zero-order valence-corrected chi connectivity index (χ0v) is 18.5. The summed E-state index contributed by atoms with van der Waals surface area (Å²) in [6.07, 6.45) is 6.42. The number of hydrogen-bond donors (Lipinski definition) is 2. The molecule has 1 aliphatic carbocycles. The van der Waals surface area contributed by atoms with E-state index in [1.807, 2.05) is 24.3 Å². The lowest BCUT2D eigenvalue weighted by molar-refractivity contribution is -0.116. The van der Waals surface area contributed by atoms with Crippen LogP contribution in [0.15, 0.2) is 58.1 Å². The second kappa shape index (κ2) is 9.96. The lowest BCUT2D eigenvalue weighted by atomic mass is 9.94. The average molecular weight is 435 g/mol. The summed E-state index contributed by atoms with van der Waals surface area (Å²) in [7, 11) is 2.15. The third-order valence-corrected chi connectivity index (χ3v) is 6.36.